The van der Waals surface area contributed by atoms with Crippen LogP contribution >= 0.6 is 0 Å². The quantitative estimate of drug-likeness (QED) is 0.548. The van der Waals surface area contributed by atoms with Crippen molar-refractivity contribution in [1.82, 2.24) is 10.2 Å². The minimum atomic E-state index is -1.03. The number of anilines is 1. The molecule has 28 heavy (non-hydrogen) atoms. The van der Waals surface area contributed by atoms with Gasteiger partial charge in [0, 0.05) is 38.1 Å². The molecule has 1 atom stereocenters. The van der Waals surface area contributed by atoms with Gasteiger partial charge >= 0.3 is 5.97 Å². The Morgan fingerprint density at radius 2 is 1.86 bits per heavy atom. The molecule has 8 heteroatoms. The van der Waals surface area contributed by atoms with Gasteiger partial charge < -0.3 is 20.2 Å². The highest BCUT2D eigenvalue weighted by Crippen LogP contribution is 2.17. The summed E-state index contributed by atoms with van der Waals surface area (Å²) in [5.41, 5.74) is 0.759. The summed E-state index contributed by atoms with van der Waals surface area (Å²) in [6, 6.07) is 7.17. The standard InChI is InChI=1S/C20H25FN4O3/c1-14(2)11-18(20(27)28)23-13-15(12-22)19(26)25-9-7-24(8-10-25)17-5-3-16(21)4-6-17/h3-6,13-14,18,23H,7-11H2,1-2H3,(H,27,28)/b15-13-. The number of hydrogen-bond acceptors (Lipinski definition) is 5. The van der Waals surface area contributed by atoms with Gasteiger partial charge in [0.15, 0.2) is 0 Å². The van der Waals surface area contributed by atoms with Crippen LogP contribution in [-0.4, -0.2) is 54.1 Å². The van der Waals surface area contributed by atoms with Crippen LogP contribution in [0.5, 0.6) is 0 Å². The summed E-state index contributed by atoms with van der Waals surface area (Å²) in [4.78, 5) is 27.5. The first-order chi connectivity index (χ1) is 13.3. The summed E-state index contributed by atoms with van der Waals surface area (Å²) in [5.74, 6) is -1.60. The minimum absolute atomic E-state index is 0.120. The van der Waals surface area contributed by atoms with E-state index in [2.05, 4.69) is 5.32 Å². The number of nitrogens with zero attached hydrogens (tertiary/aromatic N) is 3. The number of nitriles is 1. The summed E-state index contributed by atoms with van der Waals surface area (Å²) >= 11 is 0. The Balaban J connectivity index is 1.97. The van der Waals surface area contributed by atoms with Gasteiger partial charge in [-0.2, -0.15) is 5.26 Å². The molecule has 0 radical (unpaired) electrons. The fraction of sp³-hybridized carbons (Fsp3) is 0.450. The molecule has 1 amide bonds. The zero-order valence-electron chi connectivity index (χ0n) is 16.1. The number of piperazine rings is 1. The van der Waals surface area contributed by atoms with Gasteiger partial charge in [-0.05, 0) is 36.6 Å². The molecule has 2 N–H and O–H groups in total. The first kappa shape index (κ1) is 21.2. The molecule has 1 saturated heterocycles. The van der Waals surface area contributed by atoms with Crippen molar-refractivity contribution >= 4 is 17.6 Å². The summed E-state index contributed by atoms with van der Waals surface area (Å²) in [5, 5.41) is 21.3. The fourth-order valence-electron chi connectivity index (χ4n) is 3.03. The number of carboxylic acid groups (broad SMARTS) is 1. The van der Waals surface area contributed by atoms with Crippen molar-refractivity contribution in [1.29, 1.82) is 5.26 Å². The SMILES string of the molecule is CC(C)CC(N/C=C(/C#N)C(=O)N1CCN(c2ccc(F)cc2)CC1)C(=O)O. The van der Waals surface area contributed by atoms with E-state index >= 15 is 0 Å². The Hall–Kier alpha value is -3.08. The van der Waals surface area contributed by atoms with Crippen LogP contribution in [0.4, 0.5) is 10.1 Å². The van der Waals surface area contributed by atoms with Gasteiger partial charge in [-0.25, -0.2) is 9.18 Å². The molecule has 1 fully saturated rings. The van der Waals surface area contributed by atoms with E-state index in [1.165, 1.54) is 18.3 Å². The monoisotopic (exact) mass is 388 g/mol. The van der Waals surface area contributed by atoms with Crippen LogP contribution in [0.2, 0.25) is 0 Å². The zero-order valence-corrected chi connectivity index (χ0v) is 16.1. The van der Waals surface area contributed by atoms with E-state index in [0.29, 0.717) is 32.6 Å². The summed E-state index contributed by atoms with van der Waals surface area (Å²) in [7, 11) is 0. The molecule has 0 aliphatic carbocycles. The van der Waals surface area contributed by atoms with Crippen molar-refractivity contribution in [2.24, 2.45) is 5.92 Å². The molecule has 0 aromatic heterocycles. The van der Waals surface area contributed by atoms with E-state index in [-0.39, 0.29) is 17.3 Å². The number of rotatable bonds is 7. The van der Waals surface area contributed by atoms with E-state index in [1.807, 2.05) is 24.8 Å². The molecular weight excluding hydrogens is 363 g/mol. The van der Waals surface area contributed by atoms with Gasteiger partial charge in [0.05, 0.1) is 0 Å². The largest absolute Gasteiger partial charge is 0.480 e. The van der Waals surface area contributed by atoms with Crippen molar-refractivity contribution < 1.29 is 19.1 Å². The highest BCUT2D eigenvalue weighted by atomic mass is 19.1. The number of halogens is 1. The second kappa shape index (κ2) is 9.74. The second-order valence-electron chi connectivity index (χ2n) is 7.11. The maximum atomic E-state index is 13.0. The van der Waals surface area contributed by atoms with Crippen molar-refractivity contribution in [3.63, 3.8) is 0 Å². The maximum Gasteiger partial charge on any atom is 0.326 e. The highest BCUT2D eigenvalue weighted by Gasteiger charge is 2.25. The average molecular weight is 388 g/mol. The zero-order chi connectivity index (χ0) is 20.7. The Morgan fingerprint density at radius 1 is 1.25 bits per heavy atom. The van der Waals surface area contributed by atoms with E-state index in [9.17, 15) is 24.3 Å². The third kappa shape index (κ3) is 5.71. The van der Waals surface area contributed by atoms with Crippen LogP contribution in [0.3, 0.4) is 0 Å². The van der Waals surface area contributed by atoms with Crippen molar-refractivity contribution in [3.8, 4) is 6.07 Å². The van der Waals surface area contributed by atoms with E-state index in [0.717, 1.165) is 5.69 Å². The molecule has 1 aliphatic heterocycles. The van der Waals surface area contributed by atoms with Crippen LogP contribution in [0.25, 0.3) is 0 Å². The lowest BCUT2D eigenvalue weighted by molar-refractivity contribution is -0.139. The van der Waals surface area contributed by atoms with Gasteiger partial charge in [0.25, 0.3) is 5.91 Å². The van der Waals surface area contributed by atoms with Crippen LogP contribution in [0, 0.1) is 23.1 Å². The number of aliphatic carboxylic acids is 1. The van der Waals surface area contributed by atoms with Crippen molar-refractivity contribution in [2.45, 2.75) is 26.3 Å². The Labute approximate surface area is 164 Å². The molecule has 150 valence electrons. The molecule has 7 nitrogen and oxygen atoms in total. The van der Waals surface area contributed by atoms with Gasteiger partial charge in [-0.1, -0.05) is 13.8 Å². The van der Waals surface area contributed by atoms with Gasteiger partial charge in [-0.3, -0.25) is 4.79 Å². The lowest BCUT2D eigenvalue weighted by Crippen LogP contribution is -2.49. The number of nitrogens with one attached hydrogen (secondary N) is 1. The molecule has 0 bridgehead atoms. The minimum Gasteiger partial charge on any atom is -0.480 e. The molecule has 0 spiro atoms. The number of carbonyl (C=O) groups is 2. The lowest BCUT2D eigenvalue weighted by atomic mass is 10.0. The number of hydrogen-bond donors (Lipinski definition) is 2. The summed E-state index contributed by atoms with van der Waals surface area (Å²) < 4.78 is 13.0. The Kier molecular flexibility index (Phi) is 7.38. The third-order valence-corrected chi connectivity index (χ3v) is 4.54. The maximum absolute atomic E-state index is 13.0. The molecule has 2 rings (SSSR count). The van der Waals surface area contributed by atoms with E-state index in [4.69, 9.17) is 0 Å². The fourth-order valence-corrected chi connectivity index (χ4v) is 3.03. The van der Waals surface area contributed by atoms with Crippen LogP contribution in [-0.2, 0) is 9.59 Å². The molecule has 0 saturated carbocycles. The van der Waals surface area contributed by atoms with Crippen LogP contribution in [0.1, 0.15) is 20.3 Å². The number of benzene rings is 1. The topological polar surface area (TPSA) is 96.7 Å². The van der Waals surface area contributed by atoms with E-state index < -0.39 is 17.9 Å². The smallest absolute Gasteiger partial charge is 0.326 e. The summed E-state index contributed by atoms with van der Waals surface area (Å²) in [6.07, 6.45) is 1.59. The molecule has 1 aromatic carbocycles. The molecule has 1 unspecified atom stereocenters. The third-order valence-electron chi connectivity index (χ3n) is 4.54. The number of carboxylic acids is 1. The molecule has 1 aromatic rings. The number of amides is 1. The second-order valence-corrected chi connectivity index (χ2v) is 7.11. The van der Waals surface area contributed by atoms with E-state index in [1.54, 1.807) is 17.0 Å². The number of carbonyl (C=O) groups excluding carboxylic acids is 1. The van der Waals surface area contributed by atoms with Crippen LogP contribution in [0.15, 0.2) is 36.0 Å². The highest BCUT2D eigenvalue weighted by molar-refractivity contribution is 5.97. The molecular formula is C20H25FN4O3. The average Bonchev–Trinajstić information content (AvgIpc) is 2.67. The molecule has 1 aliphatic rings. The Morgan fingerprint density at radius 3 is 2.36 bits per heavy atom. The normalized spacial score (nSPS) is 15.9. The Bertz CT molecular complexity index is 763. The van der Waals surface area contributed by atoms with Crippen LogP contribution < -0.4 is 10.2 Å². The van der Waals surface area contributed by atoms with Crippen molar-refractivity contribution in [2.75, 3.05) is 31.1 Å². The summed E-state index contributed by atoms with van der Waals surface area (Å²) in [6.45, 7) is 5.77. The molecule has 1 heterocycles. The first-order valence-corrected chi connectivity index (χ1v) is 9.20. The van der Waals surface area contributed by atoms with Gasteiger partial charge in [0.2, 0.25) is 0 Å². The predicted octanol–water partition coefficient (Wildman–Crippen LogP) is 1.97. The van der Waals surface area contributed by atoms with Crippen molar-refractivity contribution in [3.05, 3.63) is 41.9 Å². The first-order valence-electron chi connectivity index (χ1n) is 9.20. The predicted molar refractivity (Wildman–Crippen MR) is 103 cm³/mol. The lowest BCUT2D eigenvalue weighted by Gasteiger charge is -2.36. The van der Waals surface area contributed by atoms with Gasteiger partial charge in [0.1, 0.15) is 23.5 Å². The van der Waals surface area contributed by atoms with Gasteiger partial charge in [-0.15, -0.1) is 0 Å².